The largest absolute Gasteiger partial charge is 0.300 e. The van der Waals surface area contributed by atoms with Crippen molar-refractivity contribution < 1.29 is 14.4 Å². The number of nitrogens with two attached hydrogens (primary N) is 1. The molecule has 1 fully saturated rings. The van der Waals surface area contributed by atoms with Crippen molar-refractivity contribution in [2.75, 3.05) is 6.54 Å². The number of carbonyl (C=O) groups excluding carboxylic acids is 3. The van der Waals surface area contributed by atoms with Crippen molar-refractivity contribution in [3.63, 3.8) is 0 Å². The summed E-state index contributed by atoms with van der Waals surface area (Å²) in [5.41, 5.74) is 6.55. The molecule has 1 rings (SSSR count). The topological polar surface area (TPSA) is 117 Å². The fourth-order valence-electron chi connectivity index (χ4n) is 1.14. The Morgan fingerprint density at radius 1 is 1.31 bits per heavy atom. The summed E-state index contributed by atoms with van der Waals surface area (Å²) in [5, 5.41) is 0.0208. The molecule has 8 nitrogen and oxygen atoms in total. The van der Waals surface area contributed by atoms with Gasteiger partial charge in [-0.2, -0.15) is 0 Å². The second-order valence-electron chi connectivity index (χ2n) is 3.02. The van der Waals surface area contributed by atoms with Gasteiger partial charge in [0.15, 0.2) is 5.11 Å². The summed E-state index contributed by atoms with van der Waals surface area (Å²) in [5.74, 6) is 3.69. The number of nitrogens with one attached hydrogen (secondary N) is 3. The molecule has 1 aliphatic heterocycles. The molecule has 0 bridgehead atoms. The minimum atomic E-state index is -0.554. The second-order valence-corrected chi connectivity index (χ2v) is 3.43. The van der Waals surface area contributed by atoms with Crippen LogP contribution in [0.3, 0.4) is 0 Å². The number of carbonyl (C=O) groups is 3. The first-order valence-electron chi connectivity index (χ1n) is 4.43. The summed E-state index contributed by atoms with van der Waals surface area (Å²) in [6, 6.07) is 0. The molecule has 0 spiro atoms. The van der Waals surface area contributed by atoms with Crippen LogP contribution < -0.4 is 22.1 Å². The van der Waals surface area contributed by atoms with Gasteiger partial charge in [0.05, 0.1) is 0 Å². The average molecular weight is 245 g/mol. The first-order chi connectivity index (χ1) is 7.54. The standard InChI is InChI=1S/C7H11N5O3S/c8-9-7(16)11-10-4(13)3-12-5(14)1-2-6(12)15/h1-3,8H2,(H,10,13)(H2,9,11,16). The Bertz CT molecular complexity index is 329. The molecule has 1 saturated heterocycles. The Balaban J connectivity index is 2.36. The average Bonchev–Trinajstić information content (AvgIpc) is 2.57. The molecular weight excluding hydrogens is 234 g/mol. The molecule has 0 aliphatic carbocycles. The van der Waals surface area contributed by atoms with Crippen LogP contribution in [-0.4, -0.2) is 34.3 Å². The summed E-state index contributed by atoms with van der Waals surface area (Å²) in [7, 11) is 0. The van der Waals surface area contributed by atoms with Crippen LogP contribution in [0.1, 0.15) is 12.8 Å². The van der Waals surface area contributed by atoms with Gasteiger partial charge in [-0.05, 0) is 12.2 Å². The lowest BCUT2D eigenvalue weighted by Crippen LogP contribution is -2.51. The maximum absolute atomic E-state index is 11.3. The molecule has 0 atom stereocenters. The van der Waals surface area contributed by atoms with E-state index in [-0.39, 0.29) is 36.3 Å². The zero-order valence-electron chi connectivity index (χ0n) is 8.28. The van der Waals surface area contributed by atoms with Gasteiger partial charge in [-0.1, -0.05) is 0 Å². The van der Waals surface area contributed by atoms with Gasteiger partial charge in [-0.15, -0.1) is 0 Å². The molecule has 0 saturated carbocycles. The molecule has 0 unspecified atom stereocenters. The Morgan fingerprint density at radius 3 is 2.38 bits per heavy atom. The van der Waals surface area contributed by atoms with Crippen molar-refractivity contribution in [1.82, 2.24) is 21.2 Å². The molecule has 5 N–H and O–H groups in total. The van der Waals surface area contributed by atoms with E-state index >= 15 is 0 Å². The Labute approximate surface area is 96.5 Å². The van der Waals surface area contributed by atoms with Gasteiger partial charge in [-0.3, -0.25) is 35.6 Å². The lowest BCUT2D eigenvalue weighted by Gasteiger charge is -2.14. The number of imide groups is 1. The zero-order valence-corrected chi connectivity index (χ0v) is 9.10. The highest BCUT2D eigenvalue weighted by Crippen LogP contribution is 2.10. The van der Waals surface area contributed by atoms with Crippen molar-refractivity contribution in [3.8, 4) is 0 Å². The van der Waals surface area contributed by atoms with Crippen LogP contribution in [-0.2, 0) is 14.4 Å². The van der Waals surface area contributed by atoms with Crippen molar-refractivity contribution >= 4 is 35.1 Å². The van der Waals surface area contributed by atoms with Gasteiger partial charge in [0, 0.05) is 12.8 Å². The predicted molar refractivity (Wildman–Crippen MR) is 57.2 cm³/mol. The van der Waals surface area contributed by atoms with E-state index in [1.165, 1.54) is 0 Å². The summed E-state index contributed by atoms with van der Waals surface area (Å²) >= 11 is 4.59. The fourth-order valence-corrected chi connectivity index (χ4v) is 1.20. The minimum absolute atomic E-state index is 0.0208. The smallest absolute Gasteiger partial charge is 0.258 e. The highest BCUT2D eigenvalue weighted by molar-refractivity contribution is 7.80. The third kappa shape index (κ3) is 3.14. The quantitative estimate of drug-likeness (QED) is 0.184. The van der Waals surface area contributed by atoms with E-state index in [9.17, 15) is 14.4 Å². The second kappa shape index (κ2) is 5.37. The Kier molecular flexibility index (Phi) is 4.14. The minimum Gasteiger partial charge on any atom is -0.300 e. The molecule has 1 aliphatic rings. The molecule has 0 radical (unpaired) electrons. The van der Waals surface area contributed by atoms with Crippen molar-refractivity contribution in [2.45, 2.75) is 12.8 Å². The van der Waals surface area contributed by atoms with E-state index in [0.29, 0.717) is 0 Å². The van der Waals surface area contributed by atoms with E-state index in [2.05, 4.69) is 28.5 Å². The first kappa shape index (κ1) is 12.3. The lowest BCUT2D eigenvalue weighted by atomic mass is 10.4. The van der Waals surface area contributed by atoms with Crippen LogP contribution in [0.2, 0.25) is 0 Å². The number of hydrazine groups is 2. The summed E-state index contributed by atoms with van der Waals surface area (Å²) in [4.78, 5) is 34.5. The van der Waals surface area contributed by atoms with Crippen LogP contribution in [0.4, 0.5) is 0 Å². The molecule has 9 heteroatoms. The van der Waals surface area contributed by atoms with Gasteiger partial charge in [-0.25, -0.2) is 5.84 Å². The molecule has 88 valence electrons. The van der Waals surface area contributed by atoms with Crippen molar-refractivity contribution in [2.24, 2.45) is 5.84 Å². The van der Waals surface area contributed by atoms with E-state index < -0.39 is 5.91 Å². The number of amides is 3. The number of hydrogen-bond donors (Lipinski definition) is 4. The maximum Gasteiger partial charge on any atom is 0.258 e. The van der Waals surface area contributed by atoms with Gasteiger partial charge >= 0.3 is 0 Å². The molecule has 16 heavy (non-hydrogen) atoms. The van der Waals surface area contributed by atoms with Crippen molar-refractivity contribution in [3.05, 3.63) is 0 Å². The maximum atomic E-state index is 11.3. The molecular formula is C7H11N5O3S. The van der Waals surface area contributed by atoms with Crippen LogP contribution >= 0.6 is 12.2 Å². The third-order valence-electron chi connectivity index (χ3n) is 1.90. The lowest BCUT2D eigenvalue weighted by molar-refractivity contribution is -0.142. The zero-order chi connectivity index (χ0) is 12.1. The Morgan fingerprint density at radius 2 is 1.88 bits per heavy atom. The van der Waals surface area contributed by atoms with Gasteiger partial charge in [0.1, 0.15) is 6.54 Å². The summed E-state index contributed by atoms with van der Waals surface area (Å²) < 4.78 is 0. The van der Waals surface area contributed by atoms with E-state index in [1.807, 2.05) is 0 Å². The number of nitrogens with zero attached hydrogens (tertiary/aromatic N) is 1. The van der Waals surface area contributed by atoms with Gasteiger partial charge in [0.2, 0.25) is 11.8 Å². The summed E-state index contributed by atoms with van der Waals surface area (Å²) in [6.07, 6.45) is 0.310. The SMILES string of the molecule is NNC(=S)NNC(=O)CN1C(=O)CCC1=O. The van der Waals surface area contributed by atoms with Crippen LogP contribution in [0, 0.1) is 0 Å². The van der Waals surface area contributed by atoms with Crippen LogP contribution in [0.15, 0.2) is 0 Å². The third-order valence-corrected chi connectivity index (χ3v) is 2.12. The number of hydrogen-bond acceptors (Lipinski definition) is 5. The molecule has 0 aromatic carbocycles. The van der Waals surface area contributed by atoms with Crippen LogP contribution in [0.5, 0.6) is 0 Å². The Hall–Kier alpha value is -1.74. The monoisotopic (exact) mass is 245 g/mol. The fraction of sp³-hybridized carbons (Fsp3) is 0.429. The van der Waals surface area contributed by atoms with Gasteiger partial charge in [0.25, 0.3) is 5.91 Å². The first-order valence-corrected chi connectivity index (χ1v) is 4.84. The number of likely N-dealkylation sites (tertiary alicyclic amines) is 1. The van der Waals surface area contributed by atoms with Crippen LogP contribution in [0.25, 0.3) is 0 Å². The molecule has 0 aromatic rings. The number of rotatable bonds is 2. The molecule has 1 heterocycles. The van der Waals surface area contributed by atoms with E-state index in [0.717, 1.165) is 4.90 Å². The number of thiocarbonyl (C=S) groups is 1. The van der Waals surface area contributed by atoms with Gasteiger partial charge < -0.3 is 0 Å². The highest BCUT2D eigenvalue weighted by Gasteiger charge is 2.30. The molecule has 0 aromatic heterocycles. The van der Waals surface area contributed by atoms with E-state index in [4.69, 9.17) is 5.84 Å². The van der Waals surface area contributed by atoms with Crippen molar-refractivity contribution in [1.29, 1.82) is 0 Å². The summed E-state index contributed by atoms with van der Waals surface area (Å²) in [6.45, 7) is -0.322. The normalized spacial score (nSPS) is 14.9. The molecule has 3 amide bonds. The highest BCUT2D eigenvalue weighted by atomic mass is 32.1. The van der Waals surface area contributed by atoms with E-state index in [1.54, 1.807) is 0 Å². The predicted octanol–water partition coefficient (Wildman–Crippen LogP) is -2.50.